The normalized spacial score (nSPS) is 18.7. The fourth-order valence-corrected chi connectivity index (χ4v) is 3.10. The first-order valence-corrected chi connectivity index (χ1v) is 9.55. The molecule has 2 N–H and O–H groups in total. The van der Waals surface area contributed by atoms with Gasteiger partial charge in [-0.25, -0.2) is 4.79 Å². The van der Waals surface area contributed by atoms with E-state index in [1.807, 2.05) is 30.3 Å². The number of imide groups is 1. The van der Waals surface area contributed by atoms with Crippen LogP contribution in [0.15, 0.2) is 59.1 Å². The van der Waals surface area contributed by atoms with Crippen LogP contribution < -0.4 is 15.5 Å². The molecule has 2 aromatic carbocycles. The van der Waals surface area contributed by atoms with Crippen LogP contribution >= 0.6 is 15.9 Å². The summed E-state index contributed by atoms with van der Waals surface area (Å²) >= 11 is 3.31. The average molecular weight is 446 g/mol. The Kier molecular flexibility index (Phi) is 5.99. The van der Waals surface area contributed by atoms with Crippen molar-refractivity contribution in [3.05, 3.63) is 64.6 Å². The van der Waals surface area contributed by atoms with Crippen molar-refractivity contribution in [2.24, 2.45) is 0 Å². The SMILES string of the molecule is CC1(CCc2ccccc2)NC(=O)N(NC(=O)COc2ccc(Br)cc2)C1=O. The van der Waals surface area contributed by atoms with E-state index in [1.165, 1.54) is 0 Å². The number of nitrogens with zero attached hydrogens (tertiary/aromatic N) is 1. The Morgan fingerprint density at radius 3 is 2.50 bits per heavy atom. The Hall–Kier alpha value is -2.87. The molecule has 2 aromatic rings. The smallest absolute Gasteiger partial charge is 0.344 e. The van der Waals surface area contributed by atoms with Gasteiger partial charge >= 0.3 is 6.03 Å². The van der Waals surface area contributed by atoms with Crippen LogP contribution in [0.25, 0.3) is 0 Å². The number of carbonyl (C=O) groups excluding carboxylic acids is 3. The number of ether oxygens (including phenoxy) is 1. The van der Waals surface area contributed by atoms with Crippen LogP contribution in [0.1, 0.15) is 18.9 Å². The Morgan fingerprint density at radius 2 is 1.82 bits per heavy atom. The molecule has 4 amide bonds. The van der Waals surface area contributed by atoms with Crippen LogP contribution in [0.4, 0.5) is 4.79 Å². The van der Waals surface area contributed by atoms with Crippen molar-refractivity contribution < 1.29 is 19.1 Å². The average Bonchev–Trinajstić information content (AvgIpc) is 2.90. The summed E-state index contributed by atoms with van der Waals surface area (Å²) in [4.78, 5) is 37.0. The minimum atomic E-state index is -1.08. The summed E-state index contributed by atoms with van der Waals surface area (Å²) < 4.78 is 6.25. The second-order valence-corrected chi connectivity index (χ2v) is 7.58. The van der Waals surface area contributed by atoms with Crippen molar-refractivity contribution in [2.75, 3.05) is 6.61 Å². The van der Waals surface area contributed by atoms with Gasteiger partial charge in [0.1, 0.15) is 11.3 Å². The van der Waals surface area contributed by atoms with Gasteiger partial charge in [-0.05, 0) is 49.6 Å². The molecule has 0 aromatic heterocycles. The summed E-state index contributed by atoms with van der Waals surface area (Å²) in [5, 5.41) is 3.38. The van der Waals surface area contributed by atoms with Crippen molar-refractivity contribution in [2.45, 2.75) is 25.3 Å². The Bertz CT molecular complexity index is 873. The van der Waals surface area contributed by atoms with Gasteiger partial charge in [-0.3, -0.25) is 15.0 Å². The van der Waals surface area contributed by atoms with E-state index in [2.05, 4.69) is 26.7 Å². The highest BCUT2D eigenvalue weighted by molar-refractivity contribution is 9.10. The molecule has 0 aliphatic carbocycles. The molecule has 0 radical (unpaired) electrons. The van der Waals surface area contributed by atoms with Gasteiger partial charge < -0.3 is 10.1 Å². The van der Waals surface area contributed by atoms with Crippen LogP contribution in [-0.2, 0) is 16.0 Å². The Balaban J connectivity index is 1.55. The standard InChI is InChI=1S/C20H20BrN3O4/c1-20(12-11-14-5-3-2-4-6-14)18(26)24(19(27)22-20)23-17(25)13-28-16-9-7-15(21)8-10-16/h2-10H,11-13H2,1H3,(H,22,27)(H,23,25). The second kappa shape index (κ2) is 8.43. The van der Waals surface area contributed by atoms with Gasteiger partial charge in [-0.15, -0.1) is 0 Å². The molecular formula is C20H20BrN3O4. The third kappa shape index (κ3) is 4.69. The first kappa shape index (κ1) is 19.9. The molecule has 146 valence electrons. The number of aryl methyl sites for hydroxylation is 1. The summed E-state index contributed by atoms with van der Waals surface area (Å²) in [6.45, 7) is 1.33. The number of urea groups is 1. The largest absolute Gasteiger partial charge is 0.484 e. The van der Waals surface area contributed by atoms with Gasteiger partial charge in [0.25, 0.3) is 11.8 Å². The van der Waals surface area contributed by atoms with Crippen molar-refractivity contribution in [3.8, 4) is 5.75 Å². The fourth-order valence-electron chi connectivity index (χ4n) is 2.83. The minimum Gasteiger partial charge on any atom is -0.484 e. The summed E-state index contributed by atoms with van der Waals surface area (Å²) in [5.74, 6) is -0.590. The first-order chi connectivity index (χ1) is 13.4. The van der Waals surface area contributed by atoms with Crippen LogP contribution in [0.5, 0.6) is 5.75 Å². The lowest BCUT2D eigenvalue weighted by molar-refractivity contribution is -0.139. The number of nitrogens with one attached hydrogen (secondary N) is 2. The molecule has 1 saturated heterocycles. The van der Waals surface area contributed by atoms with Gasteiger partial charge in [-0.2, -0.15) is 5.01 Å². The summed E-state index contributed by atoms with van der Waals surface area (Å²) in [6.07, 6.45) is 1.04. The van der Waals surface area contributed by atoms with Crippen molar-refractivity contribution in [1.82, 2.24) is 15.8 Å². The van der Waals surface area contributed by atoms with E-state index in [0.717, 1.165) is 15.0 Å². The third-order valence-corrected chi connectivity index (χ3v) is 4.97. The van der Waals surface area contributed by atoms with Crippen molar-refractivity contribution in [1.29, 1.82) is 0 Å². The third-order valence-electron chi connectivity index (χ3n) is 4.44. The molecule has 1 atom stereocenters. The fraction of sp³-hybridized carbons (Fsp3) is 0.250. The van der Waals surface area contributed by atoms with Crippen molar-refractivity contribution >= 4 is 33.8 Å². The van der Waals surface area contributed by atoms with Crippen LogP contribution in [0.2, 0.25) is 0 Å². The lowest BCUT2D eigenvalue weighted by Crippen LogP contribution is -2.50. The maximum Gasteiger partial charge on any atom is 0.344 e. The summed E-state index contributed by atoms with van der Waals surface area (Å²) in [7, 11) is 0. The number of hydrogen-bond acceptors (Lipinski definition) is 4. The Labute approximate surface area is 171 Å². The quantitative estimate of drug-likeness (QED) is 0.641. The number of hydrogen-bond donors (Lipinski definition) is 2. The number of amides is 4. The maximum absolute atomic E-state index is 12.7. The molecule has 1 aliphatic heterocycles. The van der Waals surface area contributed by atoms with E-state index < -0.39 is 23.4 Å². The number of hydrazine groups is 1. The lowest BCUT2D eigenvalue weighted by Gasteiger charge is -2.21. The van der Waals surface area contributed by atoms with Gasteiger partial charge in [0.05, 0.1) is 0 Å². The lowest BCUT2D eigenvalue weighted by atomic mass is 9.93. The molecular weight excluding hydrogens is 426 g/mol. The molecule has 0 bridgehead atoms. The van der Waals surface area contributed by atoms with E-state index in [0.29, 0.717) is 18.6 Å². The van der Waals surface area contributed by atoms with Crippen LogP contribution in [-0.4, -0.2) is 35.0 Å². The van der Waals surface area contributed by atoms with E-state index >= 15 is 0 Å². The topological polar surface area (TPSA) is 87.7 Å². The zero-order chi connectivity index (χ0) is 20.1. The molecule has 0 saturated carbocycles. The molecule has 3 rings (SSSR count). The number of benzene rings is 2. The highest BCUT2D eigenvalue weighted by atomic mass is 79.9. The Morgan fingerprint density at radius 1 is 1.14 bits per heavy atom. The van der Waals surface area contributed by atoms with Crippen molar-refractivity contribution in [3.63, 3.8) is 0 Å². The van der Waals surface area contributed by atoms with E-state index in [4.69, 9.17) is 4.74 Å². The molecule has 0 spiro atoms. The molecule has 8 heteroatoms. The highest BCUT2D eigenvalue weighted by Crippen LogP contribution is 2.22. The zero-order valence-electron chi connectivity index (χ0n) is 15.3. The van der Waals surface area contributed by atoms with E-state index in [-0.39, 0.29) is 6.61 Å². The van der Waals surface area contributed by atoms with Gasteiger partial charge in [0, 0.05) is 4.47 Å². The summed E-state index contributed by atoms with van der Waals surface area (Å²) in [5.41, 5.74) is 2.30. The first-order valence-electron chi connectivity index (χ1n) is 8.76. The van der Waals surface area contributed by atoms with Crippen LogP contribution in [0, 0.1) is 0 Å². The monoisotopic (exact) mass is 445 g/mol. The maximum atomic E-state index is 12.7. The predicted octanol–water partition coefficient (Wildman–Crippen LogP) is 2.80. The molecule has 1 fully saturated rings. The summed E-state index contributed by atoms with van der Waals surface area (Å²) in [6, 6.07) is 16.0. The molecule has 28 heavy (non-hydrogen) atoms. The minimum absolute atomic E-state index is 0.320. The number of carbonyl (C=O) groups is 3. The van der Waals surface area contributed by atoms with Gasteiger partial charge in [-0.1, -0.05) is 46.3 Å². The molecule has 7 nitrogen and oxygen atoms in total. The van der Waals surface area contributed by atoms with Gasteiger partial charge in [0.2, 0.25) is 0 Å². The van der Waals surface area contributed by atoms with Gasteiger partial charge in [0.15, 0.2) is 6.61 Å². The van der Waals surface area contributed by atoms with E-state index in [9.17, 15) is 14.4 Å². The van der Waals surface area contributed by atoms with Crippen LogP contribution in [0.3, 0.4) is 0 Å². The zero-order valence-corrected chi connectivity index (χ0v) is 16.9. The molecule has 1 aliphatic rings. The second-order valence-electron chi connectivity index (χ2n) is 6.67. The highest BCUT2D eigenvalue weighted by Gasteiger charge is 2.48. The predicted molar refractivity (Wildman–Crippen MR) is 106 cm³/mol. The number of halogens is 1. The molecule has 1 heterocycles. The molecule has 1 unspecified atom stereocenters. The number of rotatable bonds is 7. The van der Waals surface area contributed by atoms with E-state index in [1.54, 1.807) is 31.2 Å².